The lowest BCUT2D eigenvalue weighted by Crippen LogP contribution is -1.88. The molecule has 0 saturated heterocycles. The third kappa shape index (κ3) is 1.65. The lowest BCUT2D eigenvalue weighted by Gasteiger charge is -1.95. The summed E-state index contributed by atoms with van der Waals surface area (Å²) in [5.41, 5.74) is 8.61. The van der Waals surface area contributed by atoms with Crippen LogP contribution in [0.3, 0.4) is 0 Å². The smallest absolute Gasteiger partial charge is 0.136 e. The lowest BCUT2D eigenvalue weighted by molar-refractivity contribution is 0.631. The maximum atomic E-state index is 5.79. The molecule has 0 aliphatic carbocycles. The monoisotopic (exact) mass is 224 g/mol. The molecule has 0 aliphatic rings. The van der Waals surface area contributed by atoms with Crippen LogP contribution in [0, 0.1) is 6.92 Å². The van der Waals surface area contributed by atoms with E-state index in [1.165, 1.54) is 5.56 Å². The van der Waals surface area contributed by atoms with Crippen LogP contribution in [0.4, 0.5) is 5.82 Å². The first-order chi connectivity index (χ1) is 8.24. The van der Waals surface area contributed by atoms with Gasteiger partial charge in [-0.3, -0.25) is 0 Å². The molecule has 2 aromatic heterocycles. The minimum Gasteiger partial charge on any atom is -0.456 e. The molecule has 17 heavy (non-hydrogen) atoms. The average molecular weight is 224 g/mol. The van der Waals surface area contributed by atoms with Crippen LogP contribution < -0.4 is 5.73 Å². The summed E-state index contributed by atoms with van der Waals surface area (Å²) in [5.74, 6) is 1.34. The van der Waals surface area contributed by atoms with Crippen molar-refractivity contribution in [1.82, 2.24) is 4.98 Å². The Labute approximate surface area is 98.9 Å². The zero-order chi connectivity index (χ0) is 11.8. The van der Waals surface area contributed by atoms with Gasteiger partial charge in [0.1, 0.15) is 17.2 Å². The molecule has 2 N–H and O–H groups in total. The molecule has 0 spiro atoms. The first-order valence-corrected chi connectivity index (χ1v) is 5.45. The predicted octanol–water partition coefficient (Wildman–Crippen LogP) is 3.39. The molecule has 3 rings (SSSR count). The molecular formula is C14H12N2O. The fraction of sp³-hybridized carbons (Fsp3) is 0.0714. The van der Waals surface area contributed by atoms with Crippen molar-refractivity contribution in [3.63, 3.8) is 0 Å². The van der Waals surface area contributed by atoms with Crippen LogP contribution in [0.2, 0.25) is 0 Å². The van der Waals surface area contributed by atoms with E-state index in [4.69, 9.17) is 10.2 Å². The SMILES string of the molecule is Cc1cccc2oc(-c3ccc(N)nc3)cc12. The molecule has 0 unspecified atom stereocenters. The largest absolute Gasteiger partial charge is 0.456 e. The normalized spacial score (nSPS) is 10.9. The summed E-state index contributed by atoms with van der Waals surface area (Å²) in [4.78, 5) is 4.07. The van der Waals surface area contributed by atoms with Crippen molar-refractivity contribution in [2.45, 2.75) is 6.92 Å². The van der Waals surface area contributed by atoms with Crippen LogP contribution in [0.15, 0.2) is 47.0 Å². The predicted molar refractivity (Wildman–Crippen MR) is 68.6 cm³/mol. The number of furan rings is 1. The number of fused-ring (bicyclic) bond motifs is 1. The van der Waals surface area contributed by atoms with Crippen molar-refractivity contribution in [2.24, 2.45) is 0 Å². The number of hydrogen-bond acceptors (Lipinski definition) is 3. The Morgan fingerprint density at radius 3 is 2.76 bits per heavy atom. The molecule has 0 amide bonds. The van der Waals surface area contributed by atoms with Gasteiger partial charge in [-0.1, -0.05) is 12.1 Å². The van der Waals surface area contributed by atoms with Gasteiger partial charge in [-0.15, -0.1) is 0 Å². The maximum absolute atomic E-state index is 5.79. The summed E-state index contributed by atoms with van der Waals surface area (Å²) < 4.78 is 5.79. The highest BCUT2D eigenvalue weighted by atomic mass is 16.3. The van der Waals surface area contributed by atoms with E-state index in [-0.39, 0.29) is 0 Å². The molecule has 0 bridgehead atoms. The fourth-order valence-electron chi connectivity index (χ4n) is 1.90. The maximum Gasteiger partial charge on any atom is 0.136 e. The van der Waals surface area contributed by atoms with Crippen molar-refractivity contribution in [3.05, 3.63) is 48.2 Å². The van der Waals surface area contributed by atoms with Gasteiger partial charge in [0.25, 0.3) is 0 Å². The first-order valence-electron chi connectivity index (χ1n) is 5.45. The summed E-state index contributed by atoms with van der Waals surface area (Å²) in [6.07, 6.45) is 1.72. The Morgan fingerprint density at radius 2 is 2.06 bits per heavy atom. The van der Waals surface area contributed by atoms with E-state index in [0.29, 0.717) is 5.82 Å². The zero-order valence-electron chi connectivity index (χ0n) is 9.47. The molecule has 3 nitrogen and oxygen atoms in total. The van der Waals surface area contributed by atoms with Crippen LogP contribution >= 0.6 is 0 Å². The molecule has 0 aliphatic heterocycles. The summed E-state index contributed by atoms with van der Waals surface area (Å²) in [6, 6.07) is 11.8. The Morgan fingerprint density at radius 1 is 1.18 bits per heavy atom. The number of pyridine rings is 1. The second-order valence-corrected chi connectivity index (χ2v) is 4.07. The van der Waals surface area contributed by atoms with Crippen LogP contribution in [-0.2, 0) is 0 Å². The average Bonchev–Trinajstić information content (AvgIpc) is 2.75. The number of aryl methyl sites for hydroxylation is 1. The van der Waals surface area contributed by atoms with E-state index >= 15 is 0 Å². The van der Waals surface area contributed by atoms with Gasteiger partial charge >= 0.3 is 0 Å². The number of rotatable bonds is 1. The molecule has 84 valence electrons. The molecule has 3 heteroatoms. The van der Waals surface area contributed by atoms with Crippen LogP contribution in [0.5, 0.6) is 0 Å². The molecule has 0 saturated carbocycles. The van der Waals surface area contributed by atoms with E-state index in [1.807, 2.05) is 24.3 Å². The molecule has 0 radical (unpaired) electrons. The van der Waals surface area contributed by atoms with Crippen LogP contribution in [0.1, 0.15) is 5.56 Å². The van der Waals surface area contributed by atoms with E-state index in [1.54, 1.807) is 12.3 Å². The summed E-state index contributed by atoms with van der Waals surface area (Å²) in [7, 11) is 0. The topological polar surface area (TPSA) is 52.0 Å². The number of benzene rings is 1. The molecular weight excluding hydrogens is 212 g/mol. The minimum atomic E-state index is 0.515. The van der Waals surface area contributed by atoms with Gasteiger partial charge in [0.15, 0.2) is 0 Å². The number of hydrogen-bond donors (Lipinski definition) is 1. The van der Waals surface area contributed by atoms with Gasteiger partial charge in [0, 0.05) is 17.1 Å². The minimum absolute atomic E-state index is 0.515. The van der Waals surface area contributed by atoms with Gasteiger partial charge in [-0.2, -0.15) is 0 Å². The van der Waals surface area contributed by atoms with E-state index in [9.17, 15) is 0 Å². The highest BCUT2D eigenvalue weighted by Crippen LogP contribution is 2.29. The van der Waals surface area contributed by atoms with Gasteiger partial charge < -0.3 is 10.2 Å². The van der Waals surface area contributed by atoms with Gasteiger partial charge in [-0.25, -0.2) is 4.98 Å². The molecule has 2 heterocycles. The van der Waals surface area contributed by atoms with E-state index < -0.39 is 0 Å². The zero-order valence-corrected chi connectivity index (χ0v) is 9.47. The quantitative estimate of drug-likeness (QED) is 0.689. The summed E-state index contributed by atoms with van der Waals surface area (Å²) >= 11 is 0. The Bertz CT molecular complexity index is 668. The van der Waals surface area contributed by atoms with Crippen LogP contribution in [-0.4, -0.2) is 4.98 Å². The van der Waals surface area contributed by atoms with Crippen molar-refractivity contribution >= 4 is 16.8 Å². The molecule has 3 aromatic rings. The number of nitrogens with zero attached hydrogens (tertiary/aromatic N) is 1. The van der Waals surface area contributed by atoms with Gasteiger partial charge in [0.2, 0.25) is 0 Å². The van der Waals surface area contributed by atoms with E-state index in [2.05, 4.69) is 18.0 Å². The summed E-state index contributed by atoms with van der Waals surface area (Å²) in [6.45, 7) is 2.07. The molecule has 0 fully saturated rings. The second kappa shape index (κ2) is 3.63. The fourth-order valence-corrected chi connectivity index (χ4v) is 1.90. The Balaban J connectivity index is 2.18. The van der Waals surface area contributed by atoms with Crippen molar-refractivity contribution in [3.8, 4) is 11.3 Å². The summed E-state index contributed by atoms with van der Waals surface area (Å²) in [5, 5.41) is 1.14. The third-order valence-electron chi connectivity index (χ3n) is 2.85. The number of aromatic nitrogens is 1. The van der Waals surface area contributed by atoms with Crippen molar-refractivity contribution in [2.75, 3.05) is 5.73 Å². The van der Waals surface area contributed by atoms with Crippen LogP contribution in [0.25, 0.3) is 22.3 Å². The van der Waals surface area contributed by atoms with Gasteiger partial charge in [0.05, 0.1) is 0 Å². The Hall–Kier alpha value is -2.29. The number of anilines is 1. The standard InChI is InChI=1S/C14H12N2O/c1-9-3-2-4-12-11(9)7-13(17-12)10-5-6-14(15)16-8-10/h2-8H,1H3,(H2,15,16). The Kier molecular flexibility index (Phi) is 2.11. The first kappa shape index (κ1) is 9.90. The molecule has 0 atom stereocenters. The number of nitrogen functional groups attached to an aromatic ring is 1. The molecule has 1 aromatic carbocycles. The van der Waals surface area contributed by atoms with Crippen molar-refractivity contribution < 1.29 is 4.42 Å². The van der Waals surface area contributed by atoms with Gasteiger partial charge in [-0.05, 0) is 36.8 Å². The lowest BCUT2D eigenvalue weighted by atomic mass is 10.1. The van der Waals surface area contributed by atoms with Crippen molar-refractivity contribution in [1.29, 1.82) is 0 Å². The highest BCUT2D eigenvalue weighted by Gasteiger charge is 2.07. The van der Waals surface area contributed by atoms with E-state index in [0.717, 1.165) is 22.3 Å². The second-order valence-electron chi connectivity index (χ2n) is 4.07. The third-order valence-corrected chi connectivity index (χ3v) is 2.85. The number of nitrogens with two attached hydrogens (primary N) is 1. The highest BCUT2D eigenvalue weighted by molar-refractivity contribution is 5.85.